The van der Waals surface area contributed by atoms with Gasteiger partial charge in [0.25, 0.3) is 11.8 Å². The van der Waals surface area contributed by atoms with Crippen LogP contribution in [0.3, 0.4) is 0 Å². The standard InChI is InChI=1S/C42H55N5O9/c1-41(2,3)23-34(47-38(52)30-10-8-9-28(21-30)26-44-37(51)29-13-17-32(18-14-29)56-20-19-43-6)39(53)45-31-15-11-27(12-16-31)22-33(40(54)55-7)46-35(48)24-42(4,5)25-36(49)50/h8-18,21,33-34,43H,19-20,22-26H2,1-7H3,(H,44,51)(H,45,53)(H,46,48)(H,47,52)(H,49,50)/t33?,34-/m0/s1. The number of carbonyl (C=O) groups is 6. The van der Waals surface area contributed by atoms with Crippen LogP contribution in [0.25, 0.3) is 0 Å². The molecule has 0 saturated heterocycles. The minimum absolute atomic E-state index is 0.0947. The Morgan fingerprint density at radius 3 is 2.05 bits per heavy atom. The number of carboxylic acid groups (broad SMARTS) is 1. The van der Waals surface area contributed by atoms with Gasteiger partial charge in [0.2, 0.25) is 11.8 Å². The van der Waals surface area contributed by atoms with E-state index in [0.29, 0.717) is 53.3 Å². The Kier molecular flexibility index (Phi) is 16.6. The highest BCUT2D eigenvalue weighted by atomic mass is 16.5. The molecule has 0 aliphatic rings. The molecule has 1 unspecified atom stereocenters. The highest BCUT2D eigenvalue weighted by Crippen LogP contribution is 2.25. The number of methoxy groups -OCH3 is 1. The van der Waals surface area contributed by atoms with Crippen LogP contribution in [0, 0.1) is 10.8 Å². The van der Waals surface area contributed by atoms with Gasteiger partial charge in [0.05, 0.1) is 13.5 Å². The number of esters is 1. The second kappa shape index (κ2) is 20.8. The van der Waals surface area contributed by atoms with E-state index in [9.17, 15) is 28.8 Å². The lowest BCUT2D eigenvalue weighted by Crippen LogP contribution is -2.45. The molecular formula is C42H55N5O9. The summed E-state index contributed by atoms with van der Waals surface area (Å²) in [6, 6.07) is 18.4. The van der Waals surface area contributed by atoms with Crippen molar-refractivity contribution in [2.45, 2.75) is 78.9 Å². The zero-order chi connectivity index (χ0) is 41.5. The van der Waals surface area contributed by atoms with Crippen LogP contribution in [0.5, 0.6) is 5.75 Å². The van der Waals surface area contributed by atoms with Crippen LogP contribution in [-0.4, -0.2) is 80.1 Å². The van der Waals surface area contributed by atoms with E-state index in [1.165, 1.54) is 7.11 Å². The van der Waals surface area contributed by atoms with Gasteiger partial charge >= 0.3 is 11.9 Å². The average Bonchev–Trinajstić information content (AvgIpc) is 3.12. The van der Waals surface area contributed by atoms with E-state index < -0.39 is 47.2 Å². The highest BCUT2D eigenvalue weighted by molar-refractivity contribution is 6.01. The lowest BCUT2D eigenvalue weighted by molar-refractivity contribution is -0.146. The number of rotatable bonds is 20. The molecule has 2 atom stereocenters. The smallest absolute Gasteiger partial charge is 0.328 e. The van der Waals surface area contributed by atoms with Crippen LogP contribution in [0.4, 0.5) is 5.69 Å². The number of ether oxygens (including phenoxy) is 2. The Labute approximate surface area is 328 Å². The first-order valence-electron chi connectivity index (χ1n) is 18.4. The number of aliphatic carboxylic acids is 1. The van der Waals surface area contributed by atoms with Crippen LogP contribution in [0.2, 0.25) is 0 Å². The van der Waals surface area contributed by atoms with Crippen LogP contribution in [-0.2, 0) is 36.9 Å². The van der Waals surface area contributed by atoms with E-state index in [0.717, 1.165) is 0 Å². The monoisotopic (exact) mass is 773 g/mol. The number of likely N-dealkylation sites (N-methyl/N-ethyl adjacent to an activating group) is 1. The van der Waals surface area contributed by atoms with E-state index in [4.69, 9.17) is 14.6 Å². The molecule has 0 heterocycles. The van der Waals surface area contributed by atoms with E-state index >= 15 is 0 Å². The fourth-order valence-electron chi connectivity index (χ4n) is 5.82. The third-order valence-corrected chi connectivity index (χ3v) is 8.57. The number of carboxylic acids is 1. The number of carbonyl (C=O) groups excluding carboxylic acids is 5. The number of amides is 4. The fraction of sp³-hybridized carbons (Fsp3) is 0.429. The fourth-order valence-corrected chi connectivity index (χ4v) is 5.82. The van der Waals surface area contributed by atoms with Gasteiger partial charge in [-0.3, -0.25) is 24.0 Å². The highest BCUT2D eigenvalue weighted by Gasteiger charge is 2.30. The summed E-state index contributed by atoms with van der Waals surface area (Å²) in [6.07, 6.45) is 0.118. The molecule has 6 N–H and O–H groups in total. The molecule has 4 amide bonds. The Balaban J connectivity index is 1.63. The zero-order valence-corrected chi connectivity index (χ0v) is 33.2. The predicted molar refractivity (Wildman–Crippen MR) is 212 cm³/mol. The number of hydrogen-bond acceptors (Lipinski definition) is 9. The molecule has 0 bridgehead atoms. The minimum atomic E-state index is -1.03. The average molecular weight is 774 g/mol. The maximum atomic E-state index is 13.6. The molecule has 0 fully saturated rings. The summed E-state index contributed by atoms with van der Waals surface area (Å²) < 4.78 is 10.5. The number of benzene rings is 3. The third-order valence-electron chi connectivity index (χ3n) is 8.57. The van der Waals surface area contributed by atoms with Crippen LogP contribution >= 0.6 is 0 Å². The second-order valence-corrected chi connectivity index (χ2v) is 15.6. The quantitative estimate of drug-likeness (QED) is 0.0703. The molecule has 3 rings (SSSR count). The molecule has 3 aromatic carbocycles. The summed E-state index contributed by atoms with van der Waals surface area (Å²) in [5.74, 6) is -2.65. The first-order valence-corrected chi connectivity index (χ1v) is 18.4. The normalized spacial score (nSPS) is 12.4. The molecule has 0 saturated carbocycles. The van der Waals surface area contributed by atoms with Crippen LogP contribution in [0.15, 0.2) is 72.8 Å². The third kappa shape index (κ3) is 15.5. The molecule has 0 aliphatic carbocycles. The van der Waals surface area contributed by atoms with Gasteiger partial charge in [-0.15, -0.1) is 0 Å². The van der Waals surface area contributed by atoms with Crippen molar-refractivity contribution in [1.82, 2.24) is 21.3 Å². The van der Waals surface area contributed by atoms with Crippen molar-refractivity contribution in [3.63, 3.8) is 0 Å². The summed E-state index contributed by atoms with van der Waals surface area (Å²) in [4.78, 5) is 76.2. The van der Waals surface area contributed by atoms with Gasteiger partial charge in [0.1, 0.15) is 24.4 Å². The van der Waals surface area contributed by atoms with Crippen molar-refractivity contribution < 1.29 is 43.3 Å². The van der Waals surface area contributed by atoms with Crippen molar-refractivity contribution in [2.24, 2.45) is 10.8 Å². The van der Waals surface area contributed by atoms with Gasteiger partial charge < -0.3 is 41.2 Å². The largest absolute Gasteiger partial charge is 0.492 e. The predicted octanol–water partition coefficient (Wildman–Crippen LogP) is 4.48. The summed E-state index contributed by atoms with van der Waals surface area (Å²) >= 11 is 0. The Morgan fingerprint density at radius 2 is 1.45 bits per heavy atom. The zero-order valence-electron chi connectivity index (χ0n) is 33.2. The summed E-state index contributed by atoms with van der Waals surface area (Å²) in [7, 11) is 3.05. The van der Waals surface area contributed by atoms with Crippen LogP contribution < -0.4 is 31.3 Å². The minimum Gasteiger partial charge on any atom is -0.492 e. The molecular weight excluding hydrogens is 718 g/mol. The van der Waals surface area contributed by atoms with Gasteiger partial charge in [-0.2, -0.15) is 0 Å². The number of anilines is 1. The Hall–Kier alpha value is -5.76. The molecule has 0 spiro atoms. The summed E-state index contributed by atoms with van der Waals surface area (Å²) in [5, 5.41) is 23.4. The van der Waals surface area contributed by atoms with E-state index in [1.54, 1.807) is 86.6 Å². The maximum absolute atomic E-state index is 13.6. The Morgan fingerprint density at radius 1 is 0.768 bits per heavy atom. The molecule has 56 heavy (non-hydrogen) atoms. The summed E-state index contributed by atoms with van der Waals surface area (Å²) in [6.45, 7) is 10.6. The van der Waals surface area contributed by atoms with Gasteiger partial charge in [-0.05, 0) is 84.0 Å². The van der Waals surface area contributed by atoms with E-state index in [2.05, 4.69) is 26.6 Å². The van der Waals surface area contributed by atoms with Crippen molar-refractivity contribution in [2.75, 3.05) is 32.6 Å². The molecule has 0 aromatic heterocycles. The SMILES string of the molecule is CNCCOc1ccc(C(=O)NCc2cccc(C(=O)N[C@@H](CC(C)(C)C)C(=O)Nc3ccc(CC(NC(=O)CC(C)(C)CC(=O)O)C(=O)OC)cc3)c2)cc1. The molecule has 302 valence electrons. The van der Waals surface area contributed by atoms with Crippen molar-refractivity contribution in [1.29, 1.82) is 0 Å². The maximum Gasteiger partial charge on any atom is 0.328 e. The molecule has 0 radical (unpaired) electrons. The lowest BCUT2D eigenvalue weighted by atomic mass is 9.85. The number of hydrogen-bond donors (Lipinski definition) is 6. The van der Waals surface area contributed by atoms with E-state index in [1.807, 2.05) is 27.8 Å². The van der Waals surface area contributed by atoms with Gasteiger partial charge in [0.15, 0.2) is 0 Å². The molecule has 14 heteroatoms. The number of nitrogens with one attached hydrogen (secondary N) is 5. The van der Waals surface area contributed by atoms with Gasteiger partial charge in [0, 0.05) is 42.7 Å². The Bertz CT molecular complexity index is 1820. The molecule has 0 aliphatic heterocycles. The van der Waals surface area contributed by atoms with Crippen LogP contribution in [0.1, 0.15) is 85.7 Å². The van der Waals surface area contributed by atoms with Gasteiger partial charge in [-0.1, -0.05) is 58.9 Å². The second-order valence-electron chi connectivity index (χ2n) is 15.6. The molecule has 3 aromatic rings. The van der Waals surface area contributed by atoms with Gasteiger partial charge in [-0.25, -0.2) is 4.79 Å². The first kappa shape index (κ1) is 44.6. The van der Waals surface area contributed by atoms with Crippen molar-refractivity contribution >= 4 is 41.3 Å². The van der Waals surface area contributed by atoms with Crippen molar-refractivity contribution in [3.8, 4) is 5.75 Å². The summed E-state index contributed by atoms with van der Waals surface area (Å²) in [5.41, 5.74) is 1.48. The van der Waals surface area contributed by atoms with Crippen molar-refractivity contribution in [3.05, 3.63) is 95.1 Å². The van der Waals surface area contributed by atoms with E-state index in [-0.39, 0.29) is 37.1 Å². The molecule has 14 nitrogen and oxygen atoms in total. The topological polar surface area (TPSA) is 201 Å². The lowest BCUT2D eigenvalue weighted by Gasteiger charge is -2.26. The first-order chi connectivity index (χ1) is 26.4.